The summed E-state index contributed by atoms with van der Waals surface area (Å²) in [5.74, 6) is 0. The molecule has 2 aliphatic rings. The molecule has 27 heavy (non-hydrogen) atoms. The lowest BCUT2D eigenvalue weighted by Gasteiger charge is -2.18. The van der Waals surface area contributed by atoms with Gasteiger partial charge in [0.2, 0.25) is 0 Å². The minimum atomic E-state index is -2.41. The average molecular weight is 400 g/mol. The first-order valence-corrected chi connectivity index (χ1v) is 9.86. The topological polar surface area (TPSA) is 65.5 Å². The lowest BCUT2D eigenvalue weighted by atomic mass is 10.1. The molecule has 8 heteroatoms. The molecule has 2 bridgehead atoms. The summed E-state index contributed by atoms with van der Waals surface area (Å²) < 4.78 is 23.1. The summed E-state index contributed by atoms with van der Waals surface area (Å²) in [5.41, 5.74) is 0.965. The average Bonchev–Trinajstić information content (AvgIpc) is 3.34. The van der Waals surface area contributed by atoms with Gasteiger partial charge in [0.05, 0.1) is 6.61 Å². The van der Waals surface area contributed by atoms with Gasteiger partial charge in [0.25, 0.3) is 6.43 Å². The quantitative estimate of drug-likeness (QED) is 0.784. The zero-order valence-electron chi connectivity index (χ0n) is 15.6. The van der Waals surface area contributed by atoms with Crippen molar-refractivity contribution in [2.45, 2.75) is 45.8 Å². The molecular weight excluding hydrogens is 372 g/mol. The number of nitrogens with one attached hydrogen (secondary N) is 1. The lowest BCUT2D eigenvalue weighted by Crippen LogP contribution is -2.30. The van der Waals surface area contributed by atoms with Crippen LogP contribution >= 0.6 is 11.3 Å². The molecule has 1 aromatic heterocycles. The number of alkyl halides is 2. The molecule has 3 heterocycles. The van der Waals surface area contributed by atoms with E-state index in [1.165, 1.54) is 24.4 Å². The number of hydrogen-bond donors (Lipinski definition) is 2. The minimum Gasteiger partial charge on any atom is -0.392 e. The molecule has 2 amide bonds. The van der Waals surface area contributed by atoms with Crippen LogP contribution < -0.4 is 5.32 Å². The number of hydrogen-bond acceptors (Lipinski definition) is 4. The zero-order valence-corrected chi connectivity index (χ0v) is 16.5. The maximum atomic E-state index is 11.5. The van der Waals surface area contributed by atoms with Crippen LogP contribution in [0, 0.1) is 0 Å². The number of carbonyl (C=O) groups excluding carboxylic acids is 1. The fourth-order valence-electron chi connectivity index (χ4n) is 2.47. The zero-order chi connectivity index (χ0) is 20.1. The first kappa shape index (κ1) is 23.0. The number of fused-ring (bicyclic) bond motifs is 2. The van der Waals surface area contributed by atoms with E-state index in [1.807, 2.05) is 49.1 Å². The van der Waals surface area contributed by atoms with Crippen LogP contribution in [0.5, 0.6) is 0 Å². The SMILES string of the molecule is CC.FC(F)c1nccs1.O=C1NC2CCCN1C2.OCc1ccccc1. The van der Waals surface area contributed by atoms with Gasteiger partial charge in [0, 0.05) is 30.7 Å². The number of urea groups is 1. The summed E-state index contributed by atoms with van der Waals surface area (Å²) in [6.45, 7) is 6.04. The van der Waals surface area contributed by atoms with Crippen molar-refractivity contribution in [3.05, 3.63) is 52.5 Å². The summed E-state index contributed by atoms with van der Waals surface area (Å²) in [6.07, 6.45) is 1.30. The number of benzene rings is 1. The van der Waals surface area contributed by atoms with Gasteiger partial charge in [-0.2, -0.15) is 0 Å². The lowest BCUT2D eigenvalue weighted by molar-refractivity contribution is 0.151. The molecule has 1 unspecified atom stereocenters. The number of nitrogens with zero attached hydrogens (tertiary/aromatic N) is 2. The first-order valence-electron chi connectivity index (χ1n) is 8.98. The summed E-state index contributed by atoms with van der Waals surface area (Å²) in [6, 6.07) is 10.1. The number of amides is 2. The Kier molecular flexibility index (Phi) is 11.2. The van der Waals surface area contributed by atoms with Crippen molar-refractivity contribution in [2.24, 2.45) is 0 Å². The van der Waals surface area contributed by atoms with Crippen LogP contribution in [0.4, 0.5) is 13.6 Å². The fraction of sp³-hybridized carbons (Fsp3) is 0.474. The van der Waals surface area contributed by atoms with Crippen LogP contribution in [0.2, 0.25) is 0 Å². The fourth-order valence-corrected chi connectivity index (χ4v) is 2.96. The molecule has 0 aliphatic carbocycles. The molecule has 2 saturated heterocycles. The van der Waals surface area contributed by atoms with Crippen LogP contribution in [0.15, 0.2) is 41.9 Å². The highest BCUT2D eigenvalue weighted by Gasteiger charge is 2.31. The molecule has 4 rings (SSSR count). The van der Waals surface area contributed by atoms with Gasteiger partial charge >= 0.3 is 6.03 Å². The second-order valence-electron chi connectivity index (χ2n) is 5.55. The molecule has 1 atom stereocenters. The van der Waals surface area contributed by atoms with Crippen molar-refractivity contribution in [2.75, 3.05) is 13.1 Å². The van der Waals surface area contributed by atoms with Crippen molar-refractivity contribution >= 4 is 17.4 Å². The molecule has 2 N–H and O–H groups in total. The van der Waals surface area contributed by atoms with Crippen LogP contribution in [-0.4, -0.2) is 40.2 Å². The van der Waals surface area contributed by atoms with Gasteiger partial charge in [-0.25, -0.2) is 18.6 Å². The van der Waals surface area contributed by atoms with Gasteiger partial charge in [-0.05, 0) is 18.4 Å². The Hall–Kier alpha value is -2.06. The number of halogens is 2. The van der Waals surface area contributed by atoms with E-state index in [2.05, 4.69) is 10.3 Å². The van der Waals surface area contributed by atoms with E-state index in [9.17, 15) is 13.6 Å². The molecule has 0 radical (unpaired) electrons. The molecule has 1 aromatic carbocycles. The highest BCUT2D eigenvalue weighted by molar-refractivity contribution is 7.09. The van der Waals surface area contributed by atoms with E-state index in [0.717, 1.165) is 30.0 Å². The number of piperidine rings is 1. The summed E-state index contributed by atoms with van der Waals surface area (Å²) >= 11 is 0.970. The third kappa shape index (κ3) is 8.45. The van der Waals surface area contributed by atoms with E-state index in [0.29, 0.717) is 6.04 Å². The van der Waals surface area contributed by atoms with Gasteiger partial charge < -0.3 is 15.3 Å². The highest BCUT2D eigenvalue weighted by Crippen LogP contribution is 2.19. The number of aliphatic hydroxyl groups excluding tert-OH is 1. The normalized spacial score (nSPS) is 16.9. The van der Waals surface area contributed by atoms with Crippen molar-refractivity contribution in [1.82, 2.24) is 15.2 Å². The van der Waals surface area contributed by atoms with E-state index in [1.54, 1.807) is 0 Å². The Morgan fingerprint density at radius 1 is 1.33 bits per heavy atom. The summed E-state index contributed by atoms with van der Waals surface area (Å²) in [7, 11) is 0. The number of aliphatic hydroxyl groups is 1. The second-order valence-corrected chi connectivity index (χ2v) is 6.48. The van der Waals surface area contributed by atoms with Crippen LogP contribution in [0.25, 0.3) is 0 Å². The summed E-state index contributed by atoms with van der Waals surface area (Å²) in [4.78, 5) is 16.1. The smallest absolute Gasteiger partial charge is 0.317 e. The predicted molar refractivity (Wildman–Crippen MR) is 104 cm³/mol. The third-order valence-electron chi connectivity index (χ3n) is 3.70. The van der Waals surface area contributed by atoms with Crippen LogP contribution in [-0.2, 0) is 6.61 Å². The molecule has 150 valence electrons. The third-order valence-corrected chi connectivity index (χ3v) is 4.48. The van der Waals surface area contributed by atoms with E-state index >= 15 is 0 Å². The van der Waals surface area contributed by atoms with Gasteiger partial charge in [-0.1, -0.05) is 44.2 Å². The molecule has 2 aliphatic heterocycles. The van der Waals surface area contributed by atoms with E-state index < -0.39 is 6.43 Å². The Bertz CT molecular complexity index is 627. The molecule has 0 spiro atoms. The van der Waals surface area contributed by atoms with E-state index in [4.69, 9.17) is 5.11 Å². The van der Waals surface area contributed by atoms with Gasteiger partial charge in [0.1, 0.15) is 0 Å². The number of thiazole rings is 1. The number of aromatic nitrogens is 1. The second kappa shape index (κ2) is 13.2. The van der Waals surface area contributed by atoms with Gasteiger partial charge in [-0.3, -0.25) is 0 Å². The van der Waals surface area contributed by atoms with Crippen molar-refractivity contribution in [1.29, 1.82) is 0 Å². The van der Waals surface area contributed by atoms with Crippen molar-refractivity contribution in [3.63, 3.8) is 0 Å². The van der Waals surface area contributed by atoms with Crippen LogP contribution in [0.3, 0.4) is 0 Å². The molecule has 5 nitrogen and oxygen atoms in total. The van der Waals surface area contributed by atoms with Gasteiger partial charge in [-0.15, -0.1) is 11.3 Å². The molecule has 0 saturated carbocycles. The van der Waals surface area contributed by atoms with Gasteiger partial charge in [0.15, 0.2) is 5.01 Å². The largest absolute Gasteiger partial charge is 0.392 e. The standard InChI is InChI=1S/C7H8O.C6H10N2O.C4H3F2NS.C2H6/c8-6-7-4-2-1-3-5-7;9-6-7-5-2-1-3-8(6)4-5;5-3(6)4-7-1-2-8-4;1-2/h1-5,8H,6H2;5H,1-4H2,(H,7,9);1-3H;1-2H3. The predicted octanol–water partition coefficient (Wildman–Crippen LogP) is 4.46. The maximum Gasteiger partial charge on any atom is 0.317 e. The Morgan fingerprint density at radius 2 is 2.04 bits per heavy atom. The molecule has 2 aromatic rings. The molecular formula is C19H27F2N3O2S. The monoisotopic (exact) mass is 399 g/mol. The Balaban J connectivity index is 0.000000194. The van der Waals surface area contributed by atoms with Crippen molar-refractivity contribution in [3.8, 4) is 0 Å². The number of rotatable bonds is 2. The van der Waals surface area contributed by atoms with E-state index in [-0.39, 0.29) is 17.6 Å². The maximum absolute atomic E-state index is 11.5. The minimum absolute atomic E-state index is 0.106. The molecule has 2 fully saturated rings. The Labute approximate surface area is 163 Å². The highest BCUT2D eigenvalue weighted by atomic mass is 32.1. The van der Waals surface area contributed by atoms with Crippen LogP contribution in [0.1, 0.15) is 43.7 Å². The number of carbonyl (C=O) groups is 1. The summed E-state index contributed by atoms with van der Waals surface area (Å²) in [5, 5.41) is 12.9. The first-order chi connectivity index (χ1) is 13.1. The Morgan fingerprint density at radius 3 is 2.44 bits per heavy atom. The van der Waals surface area contributed by atoms with Crippen molar-refractivity contribution < 1.29 is 18.7 Å².